The molecule has 1 aliphatic heterocycles. The third-order valence-electron chi connectivity index (χ3n) is 4.76. The van der Waals surface area contributed by atoms with Gasteiger partial charge in [-0.1, -0.05) is 6.92 Å². The van der Waals surface area contributed by atoms with Crippen molar-refractivity contribution in [3.63, 3.8) is 0 Å². The summed E-state index contributed by atoms with van der Waals surface area (Å²) in [7, 11) is 0. The highest BCUT2D eigenvalue weighted by molar-refractivity contribution is 5.94. The lowest BCUT2D eigenvalue weighted by molar-refractivity contribution is -0.137. The van der Waals surface area contributed by atoms with Gasteiger partial charge < -0.3 is 11.1 Å². The molecule has 1 atom stereocenters. The zero-order valence-corrected chi connectivity index (χ0v) is 16.1. The van der Waals surface area contributed by atoms with E-state index in [0.29, 0.717) is 18.8 Å². The van der Waals surface area contributed by atoms with Gasteiger partial charge in [0.25, 0.3) is 0 Å². The molecule has 28 heavy (non-hydrogen) atoms. The van der Waals surface area contributed by atoms with Crippen molar-refractivity contribution in [2.45, 2.75) is 19.5 Å². The number of likely N-dealkylation sites (tertiary alicyclic amines) is 1. The molecule has 0 spiro atoms. The first-order valence-electron chi connectivity index (χ1n) is 8.49. The Morgan fingerprint density at radius 1 is 1.39 bits per heavy atom. The van der Waals surface area contributed by atoms with Crippen LogP contribution in [0.15, 0.2) is 30.9 Å². The summed E-state index contributed by atoms with van der Waals surface area (Å²) in [6.07, 6.45) is -1.02. The average Bonchev–Trinajstić information content (AvgIpc) is 3.24. The Hall–Kier alpha value is -2.17. The van der Waals surface area contributed by atoms with Crippen LogP contribution in [0.4, 0.5) is 18.9 Å². The number of nitrogens with one attached hydrogen (secondary N) is 1. The van der Waals surface area contributed by atoms with Gasteiger partial charge in [-0.05, 0) is 43.1 Å². The minimum atomic E-state index is -4.52. The number of alkyl halides is 3. The molecule has 0 bridgehead atoms. The van der Waals surface area contributed by atoms with Gasteiger partial charge in [0.1, 0.15) is 12.7 Å². The third kappa shape index (κ3) is 5.00. The van der Waals surface area contributed by atoms with E-state index >= 15 is 0 Å². The molecule has 3 N–H and O–H groups in total. The van der Waals surface area contributed by atoms with Crippen molar-refractivity contribution in [1.82, 2.24) is 19.7 Å². The van der Waals surface area contributed by atoms with Crippen molar-refractivity contribution < 1.29 is 18.0 Å². The van der Waals surface area contributed by atoms with Crippen LogP contribution in [0.3, 0.4) is 0 Å². The summed E-state index contributed by atoms with van der Waals surface area (Å²) in [6, 6.07) is 3.11. The van der Waals surface area contributed by atoms with Crippen LogP contribution < -0.4 is 11.1 Å². The summed E-state index contributed by atoms with van der Waals surface area (Å²) < 4.78 is 40.5. The maximum Gasteiger partial charge on any atom is 0.416 e. The number of hydrogen-bond donors (Lipinski definition) is 2. The van der Waals surface area contributed by atoms with E-state index in [-0.39, 0.29) is 30.1 Å². The largest absolute Gasteiger partial charge is 0.416 e. The second-order valence-electron chi connectivity index (χ2n) is 7.09. The maximum absolute atomic E-state index is 13.1. The number of nitrogens with zero attached hydrogens (tertiary/aromatic N) is 4. The fourth-order valence-electron chi connectivity index (χ4n) is 3.17. The Kier molecular flexibility index (Phi) is 6.68. The second-order valence-corrected chi connectivity index (χ2v) is 7.09. The van der Waals surface area contributed by atoms with E-state index in [1.54, 1.807) is 0 Å². The SMILES string of the molecule is CC1(CN)CCN(CC(=O)Nc2cc(C(F)(F)F)ccc2-n2cncn2)C1.Cl. The number of anilines is 1. The number of amides is 1. The molecule has 154 valence electrons. The number of aromatic nitrogens is 3. The number of hydrogen-bond acceptors (Lipinski definition) is 5. The van der Waals surface area contributed by atoms with Gasteiger partial charge in [-0.3, -0.25) is 9.69 Å². The van der Waals surface area contributed by atoms with Gasteiger partial charge in [0, 0.05) is 6.54 Å². The Morgan fingerprint density at radius 3 is 2.71 bits per heavy atom. The summed E-state index contributed by atoms with van der Waals surface area (Å²) in [5.74, 6) is -0.392. The van der Waals surface area contributed by atoms with Crippen LogP contribution in [0.2, 0.25) is 0 Å². The van der Waals surface area contributed by atoms with Gasteiger partial charge in [0.05, 0.1) is 23.5 Å². The zero-order valence-electron chi connectivity index (χ0n) is 15.2. The van der Waals surface area contributed by atoms with E-state index in [4.69, 9.17) is 5.73 Å². The van der Waals surface area contributed by atoms with E-state index in [0.717, 1.165) is 25.1 Å². The van der Waals surface area contributed by atoms with Gasteiger partial charge >= 0.3 is 6.18 Å². The lowest BCUT2D eigenvalue weighted by Gasteiger charge is -2.22. The van der Waals surface area contributed by atoms with Crippen LogP contribution in [0.25, 0.3) is 5.69 Å². The predicted molar refractivity (Wildman–Crippen MR) is 100 cm³/mol. The fourth-order valence-corrected chi connectivity index (χ4v) is 3.17. The molecule has 0 radical (unpaired) electrons. The summed E-state index contributed by atoms with van der Waals surface area (Å²) in [5.41, 5.74) is 5.22. The standard InChI is InChI=1S/C17H21F3N6O.ClH/c1-16(8-21)4-5-25(9-16)7-15(27)24-13-6-12(17(18,19)20)2-3-14(13)26-11-22-10-23-26;/h2-3,6,10-11H,4-5,7-9,21H2,1H3,(H,24,27);1H. The van der Waals surface area contributed by atoms with Crippen molar-refractivity contribution >= 4 is 24.0 Å². The molecule has 1 aliphatic rings. The lowest BCUT2D eigenvalue weighted by atomic mass is 9.90. The molecule has 1 saturated heterocycles. The number of carbonyl (C=O) groups excluding carboxylic acids is 1. The highest BCUT2D eigenvalue weighted by Gasteiger charge is 2.34. The second kappa shape index (κ2) is 8.46. The summed E-state index contributed by atoms with van der Waals surface area (Å²) in [6.45, 7) is 4.06. The fraction of sp³-hybridized carbons (Fsp3) is 0.471. The van der Waals surface area contributed by atoms with Crippen LogP contribution >= 0.6 is 12.4 Å². The summed E-state index contributed by atoms with van der Waals surface area (Å²) >= 11 is 0. The van der Waals surface area contributed by atoms with Crippen molar-refractivity contribution in [3.05, 3.63) is 36.4 Å². The Balaban J connectivity index is 0.00000280. The van der Waals surface area contributed by atoms with E-state index in [9.17, 15) is 18.0 Å². The van der Waals surface area contributed by atoms with E-state index in [1.807, 2.05) is 4.90 Å². The molecule has 1 aromatic heterocycles. The van der Waals surface area contributed by atoms with Crippen molar-refractivity contribution in [2.75, 3.05) is 31.5 Å². The highest BCUT2D eigenvalue weighted by atomic mass is 35.5. The molecule has 11 heteroatoms. The first-order valence-corrected chi connectivity index (χ1v) is 8.49. The van der Waals surface area contributed by atoms with Crippen LogP contribution in [0.1, 0.15) is 18.9 Å². The van der Waals surface area contributed by atoms with Crippen molar-refractivity contribution in [2.24, 2.45) is 11.1 Å². The molecule has 0 aliphatic carbocycles. The summed E-state index contributed by atoms with van der Waals surface area (Å²) in [4.78, 5) is 18.2. The van der Waals surface area contributed by atoms with Crippen molar-refractivity contribution in [1.29, 1.82) is 0 Å². The third-order valence-corrected chi connectivity index (χ3v) is 4.76. The topological polar surface area (TPSA) is 89.1 Å². The molecule has 0 saturated carbocycles. The van der Waals surface area contributed by atoms with E-state index in [1.165, 1.54) is 23.4 Å². The lowest BCUT2D eigenvalue weighted by Crippen LogP contribution is -2.35. The van der Waals surface area contributed by atoms with E-state index < -0.39 is 17.6 Å². The van der Waals surface area contributed by atoms with Crippen LogP contribution in [-0.2, 0) is 11.0 Å². The Labute approximate surface area is 166 Å². The molecular weight excluding hydrogens is 397 g/mol. The molecule has 2 heterocycles. The molecule has 7 nitrogen and oxygen atoms in total. The van der Waals surface area contributed by atoms with Crippen LogP contribution in [0, 0.1) is 5.41 Å². The molecule has 1 unspecified atom stereocenters. The average molecular weight is 419 g/mol. The quantitative estimate of drug-likeness (QED) is 0.777. The molecule has 1 aromatic carbocycles. The number of rotatable bonds is 5. The smallest absolute Gasteiger partial charge is 0.330 e. The van der Waals surface area contributed by atoms with Crippen LogP contribution in [-0.4, -0.2) is 51.8 Å². The molecule has 3 rings (SSSR count). The van der Waals surface area contributed by atoms with Crippen LogP contribution in [0.5, 0.6) is 0 Å². The maximum atomic E-state index is 13.1. The van der Waals surface area contributed by atoms with Gasteiger partial charge in [0.15, 0.2) is 0 Å². The number of nitrogens with two attached hydrogens (primary N) is 1. The van der Waals surface area contributed by atoms with Gasteiger partial charge in [-0.15, -0.1) is 12.4 Å². The first-order chi connectivity index (χ1) is 12.7. The first kappa shape index (κ1) is 22.1. The normalized spacial score (nSPS) is 20.0. The predicted octanol–water partition coefficient (Wildman–Crippen LogP) is 2.32. The number of halogens is 4. The minimum Gasteiger partial charge on any atom is -0.330 e. The van der Waals surface area contributed by atoms with Gasteiger partial charge in [0.2, 0.25) is 5.91 Å². The van der Waals surface area contributed by atoms with E-state index in [2.05, 4.69) is 22.3 Å². The molecule has 1 amide bonds. The zero-order chi connectivity index (χ0) is 19.7. The Bertz CT molecular complexity index is 814. The molecular formula is C17H22ClF3N6O. The molecule has 2 aromatic rings. The summed E-state index contributed by atoms with van der Waals surface area (Å²) in [5, 5.41) is 6.51. The number of carbonyl (C=O) groups is 1. The monoisotopic (exact) mass is 418 g/mol. The minimum absolute atomic E-state index is 0. The number of benzene rings is 1. The highest BCUT2D eigenvalue weighted by Crippen LogP contribution is 2.33. The van der Waals surface area contributed by atoms with Crippen molar-refractivity contribution in [3.8, 4) is 5.69 Å². The van der Waals surface area contributed by atoms with Gasteiger partial charge in [-0.2, -0.15) is 18.3 Å². The van der Waals surface area contributed by atoms with Gasteiger partial charge in [-0.25, -0.2) is 9.67 Å². The Morgan fingerprint density at radius 2 is 2.14 bits per heavy atom. The molecule has 1 fully saturated rings.